The first-order valence-electron chi connectivity index (χ1n) is 3.77. The van der Waals surface area contributed by atoms with Crippen LogP contribution in [0.1, 0.15) is 13.3 Å². The predicted octanol–water partition coefficient (Wildman–Crippen LogP) is 0.647. The van der Waals surface area contributed by atoms with Crippen LogP contribution < -0.4 is 0 Å². The van der Waals surface area contributed by atoms with Crippen molar-refractivity contribution < 1.29 is 15.0 Å². The van der Waals surface area contributed by atoms with Crippen molar-refractivity contribution in [3.05, 3.63) is 43.8 Å². The first-order chi connectivity index (χ1) is 6.38. The molecule has 15 heavy (non-hydrogen) atoms. The Kier molecular flexibility index (Phi) is 4.44. The van der Waals surface area contributed by atoms with Crippen LogP contribution in [0.5, 0.6) is 0 Å². The van der Waals surface area contributed by atoms with Crippen molar-refractivity contribution >= 4 is 29.6 Å². The summed E-state index contributed by atoms with van der Waals surface area (Å²) in [7, 11) is 0. The summed E-state index contributed by atoms with van der Waals surface area (Å²) in [5.41, 5.74) is -2.06. The molecule has 0 saturated carbocycles. The topological polar surface area (TPSA) is 107 Å². The minimum Gasteiger partial charge on any atom is -0.505 e. The Labute approximate surface area is 107 Å². The van der Waals surface area contributed by atoms with Crippen LogP contribution in [0.4, 0.5) is 0 Å². The summed E-state index contributed by atoms with van der Waals surface area (Å²) in [6.07, 6.45) is 1.65. The molecule has 1 aliphatic rings. The number of hydrogen-bond donors (Lipinski definition) is 1. The van der Waals surface area contributed by atoms with E-state index in [9.17, 15) is 25.3 Å². The molecule has 1 aliphatic carbocycles. The van der Waals surface area contributed by atoms with Crippen molar-refractivity contribution in [2.45, 2.75) is 18.9 Å². The second-order valence-corrected chi connectivity index (χ2v) is 3.17. The molecule has 0 saturated heterocycles. The zero-order valence-electron chi connectivity index (χ0n) is 8.34. The number of aliphatic hydroxyl groups is 1. The van der Waals surface area contributed by atoms with E-state index in [1.165, 1.54) is 0 Å². The standard InChI is InChI=1S/C7H8N2O5.Na/c1-7(9(13)14)4-5(8(11)12)2-3-6(7)10;/h2-3,10H,4H2,1H3;. The third-order valence-electron chi connectivity index (χ3n) is 2.15. The van der Waals surface area contributed by atoms with Crippen molar-refractivity contribution in [2.75, 3.05) is 0 Å². The predicted molar refractivity (Wildman–Crippen MR) is 51.6 cm³/mol. The fraction of sp³-hybridized carbons (Fsp3) is 0.429. The van der Waals surface area contributed by atoms with E-state index in [1.807, 2.05) is 0 Å². The van der Waals surface area contributed by atoms with Crippen LogP contribution in [-0.2, 0) is 0 Å². The van der Waals surface area contributed by atoms with Gasteiger partial charge in [0.15, 0.2) is 5.76 Å². The molecule has 1 unspecified atom stereocenters. The fourth-order valence-electron chi connectivity index (χ4n) is 1.14. The second-order valence-electron chi connectivity index (χ2n) is 3.17. The average Bonchev–Trinajstić information content (AvgIpc) is 2.09. The molecular formula is C7H8N2NaO5. The largest absolute Gasteiger partial charge is 0.505 e. The second kappa shape index (κ2) is 4.73. The maximum Gasteiger partial charge on any atom is 0.285 e. The van der Waals surface area contributed by atoms with E-state index in [2.05, 4.69) is 0 Å². The summed E-state index contributed by atoms with van der Waals surface area (Å²) in [4.78, 5) is 19.6. The Morgan fingerprint density at radius 2 is 1.93 bits per heavy atom. The van der Waals surface area contributed by atoms with Gasteiger partial charge in [-0.15, -0.1) is 0 Å². The number of rotatable bonds is 2. The SMILES string of the molecule is CC1([N+](=O)[O-])CC([N+](=O)[O-])=CC=C1O.[Na]. The van der Waals surface area contributed by atoms with Gasteiger partial charge in [-0.1, -0.05) is 0 Å². The zero-order valence-corrected chi connectivity index (χ0v) is 10.3. The molecule has 0 aromatic rings. The Morgan fingerprint density at radius 1 is 1.40 bits per heavy atom. The molecule has 0 bridgehead atoms. The molecule has 8 heteroatoms. The van der Waals surface area contributed by atoms with Crippen molar-refractivity contribution in [2.24, 2.45) is 0 Å². The van der Waals surface area contributed by atoms with Crippen LogP contribution in [0, 0.1) is 20.2 Å². The van der Waals surface area contributed by atoms with Gasteiger partial charge in [-0.2, -0.15) is 0 Å². The zero-order chi connectivity index (χ0) is 10.9. The molecule has 1 atom stereocenters. The Hall–Kier alpha value is -0.920. The monoisotopic (exact) mass is 223 g/mol. The minimum atomic E-state index is -1.78. The Balaban J connectivity index is 0.00000196. The summed E-state index contributed by atoms with van der Waals surface area (Å²) >= 11 is 0. The molecule has 0 aromatic heterocycles. The molecule has 77 valence electrons. The maximum atomic E-state index is 10.6. The van der Waals surface area contributed by atoms with Crippen molar-refractivity contribution in [1.82, 2.24) is 0 Å². The Bertz CT molecular complexity index is 364. The smallest absolute Gasteiger partial charge is 0.285 e. The number of nitro groups is 2. The van der Waals surface area contributed by atoms with Crippen LogP contribution in [0.2, 0.25) is 0 Å². The van der Waals surface area contributed by atoms with Crippen LogP contribution in [0.15, 0.2) is 23.6 Å². The molecule has 0 spiro atoms. The first kappa shape index (κ1) is 14.1. The molecule has 0 heterocycles. The van der Waals surface area contributed by atoms with Crippen LogP contribution in [0.25, 0.3) is 0 Å². The van der Waals surface area contributed by atoms with Gasteiger partial charge in [0.1, 0.15) is 6.42 Å². The summed E-state index contributed by atoms with van der Waals surface area (Å²) in [5.74, 6) is -0.465. The van der Waals surface area contributed by atoms with E-state index >= 15 is 0 Å². The molecule has 1 radical (unpaired) electrons. The van der Waals surface area contributed by atoms with E-state index in [0.717, 1.165) is 19.1 Å². The average molecular weight is 223 g/mol. The number of nitrogens with zero attached hydrogens (tertiary/aromatic N) is 2. The molecule has 7 nitrogen and oxygen atoms in total. The third-order valence-corrected chi connectivity index (χ3v) is 2.15. The molecule has 0 aliphatic heterocycles. The number of hydrogen-bond acceptors (Lipinski definition) is 5. The van der Waals surface area contributed by atoms with Gasteiger partial charge >= 0.3 is 0 Å². The van der Waals surface area contributed by atoms with E-state index < -0.39 is 27.6 Å². The van der Waals surface area contributed by atoms with E-state index in [0.29, 0.717) is 0 Å². The molecular weight excluding hydrogens is 215 g/mol. The summed E-state index contributed by atoms with van der Waals surface area (Å²) in [6, 6.07) is 0. The maximum absolute atomic E-state index is 10.6. The summed E-state index contributed by atoms with van der Waals surface area (Å²) in [5, 5.41) is 30.2. The molecule has 0 amide bonds. The van der Waals surface area contributed by atoms with Gasteiger partial charge in [-0.25, -0.2) is 0 Å². The van der Waals surface area contributed by atoms with Gasteiger partial charge in [0.05, 0.1) is 4.92 Å². The van der Waals surface area contributed by atoms with Gasteiger partial charge in [-0.3, -0.25) is 20.2 Å². The van der Waals surface area contributed by atoms with Crippen molar-refractivity contribution in [1.29, 1.82) is 0 Å². The summed E-state index contributed by atoms with van der Waals surface area (Å²) in [6.45, 7) is 1.15. The van der Waals surface area contributed by atoms with Gasteiger partial charge in [0.25, 0.3) is 11.2 Å². The van der Waals surface area contributed by atoms with Gasteiger partial charge in [0, 0.05) is 47.5 Å². The van der Waals surface area contributed by atoms with E-state index in [-0.39, 0.29) is 35.3 Å². The molecule has 1 N–H and O–H groups in total. The normalized spacial score (nSPS) is 24.6. The van der Waals surface area contributed by atoms with E-state index in [4.69, 9.17) is 0 Å². The summed E-state index contributed by atoms with van der Waals surface area (Å²) < 4.78 is 0. The fourth-order valence-corrected chi connectivity index (χ4v) is 1.14. The van der Waals surface area contributed by atoms with E-state index in [1.54, 1.807) is 0 Å². The van der Waals surface area contributed by atoms with Crippen LogP contribution in [-0.4, -0.2) is 50.0 Å². The first-order valence-corrected chi connectivity index (χ1v) is 3.77. The van der Waals surface area contributed by atoms with Crippen LogP contribution >= 0.6 is 0 Å². The van der Waals surface area contributed by atoms with Gasteiger partial charge in [0.2, 0.25) is 0 Å². The minimum absolute atomic E-state index is 0. The van der Waals surface area contributed by atoms with Gasteiger partial charge < -0.3 is 5.11 Å². The van der Waals surface area contributed by atoms with Gasteiger partial charge in [-0.05, 0) is 6.08 Å². The quantitative estimate of drug-likeness (QED) is 0.420. The van der Waals surface area contributed by atoms with Crippen LogP contribution in [0.3, 0.4) is 0 Å². The van der Waals surface area contributed by atoms with Crippen molar-refractivity contribution in [3.8, 4) is 0 Å². The number of allylic oxidation sites excluding steroid dienone is 2. The molecule has 1 rings (SSSR count). The number of aliphatic hydroxyl groups excluding tert-OH is 1. The Morgan fingerprint density at radius 3 is 2.33 bits per heavy atom. The molecule has 0 fully saturated rings. The van der Waals surface area contributed by atoms with Crippen molar-refractivity contribution in [3.63, 3.8) is 0 Å². The third kappa shape index (κ3) is 2.55. The molecule has 0 aromatic carbocycles.